The summed E-state index contributed by atoms with van der Waals surface area (Å²) >= 11 is 1.14. The number of nitro groups is 1. The maximum absolute atomic E-state index is 13.3. The molecule has 0 atom stereocenters. The fraction of sp³-hybridized carbons (Fsp3) is 0.250. The molecule has 0 aliphatic heterocycles. The van der Waals surface area contributed by atoms with Crippen LogP contribution in [0.15, 0.2) is 12.1 Å². The number of carbonyl (C=O) groups excluding carboxylic acids is 1. The molecule has 7 heteroatoms. The van der Waals surface area contributed by atoms with Gasteiger partial charge in [0.15, 0.2) is 10.9 Å². The van der Waals surface area contributed by atoms with Crippen LogP contribution in [0.4, 0.5) is 15.8 Å². The Hall–Kier alpha value is -2.07. The number of halogens is 1. The lowest BCUT2D eigenvalue weighted by Crippen LogP contribution is -1.99. The van der Waals surface area contributed by atoms with E-state index in [1.165, 1.54) is 6.92 Å². The molecular formula is C12H11FN2O3S. The molecule has 0 aliphatic rings. The van der Waals surface area contributed by atoms with E-state index in [1.807, 2.05) is 0 Å². The lowest BCUT2D eigenvalue weighted by molar-refractivity contribution is -0.384. The van der Waals surface area contributed by atoms with Gasteiger partial charge in [-0.1, -0.05) is 23.6 Å². The van der Waals surface area contributed by atoms with Crippen LogP contribution in [0.2, 0.25) is 0 Å². The highest BCUT2D eigenvalue weighted by Crippen LogP contribution is 2.25. The Bertz CT molecular complexity index is 578. The van der Waals surface area contributed by atoms with Crippen molar-refractivity contribution in [2.24, 2.45) is 0 Å². The number of nitrogen functional groups attached to an aromatic ring is 1. The molecule has 0 radical (unpaired) electrons. The van der Waals surface area contributed by atoms with E-state index in [2.05, 4.69) is 11.8 Å². The maximum atomic E-state index is 13.3. The van der Waals surface area contributed by atoms with Crippen molar-refractivity contribution >= 4 is 28.3 Å². The molecule has 0 saturated carbocycles. The molecule has 1 rings (SSSR count). The summed E-state index contributed by atoms with van der Waals surface area (Å²) in [7, 11) is 0. The number of nitrogens with two attached hydrogens (primary N) is 1. The minimum Gasteiger partial charge on any atom is -0.391 e. The van der Waals surface area contributed by atoms with Crippen molar-refractivity contribution in [3.8, 4) is 11.8 Å². The van der Waals surface area contributed by atoms with E-state index in [0.29, 0.717) is 12.2 Å². The summed E-state index contributed by atoms with van der Waals surface area (Å²) in [5.41, 5.74) is 4.45. The van der Waals surface area contributed by atoms with Crippen LogP contribution in [0.25, 0.3) is 0 Å². The molecule has 0 spiro atoms. The predicted molar refractivity (Wildman–Crippen MR) is 72.1 cm³/mol. The minimum atomic E-state index is -0.864. The minimum absolute atomic E-state index is 0.00373. The van der Waals surface area contributed by atoms with Gasteiger partial charge >= 0.3 is 0 Å². The van der Waals surface area contributed by atoms with Crippen molar-refractivity contribution in [2.45, 2.75) is 13.3 Å². The Morgan fingerprint density at radius 2 is 2.26 bits per heavy atom. The van der Waals surface area contributed by atoms with Gasteiger partial charge in [0, 0.05) is 30.7 Å². The van der Waals surface area contributed by atoms with Gasteiger partial charge in [-0.05, 0) is 6.07 Å². The Kier molecular flexibility index (Phi) is 5.33. The lowest BCUT2D eigenvalue weighted by Gasteiger charge is -1.99. The zero-order valence-electron chi connectivity index (χ0n) is 10.1. The van der Waals surface area contributed by atoms with Crippen LogP contribution in [0.5, 0.6) is 0 Å². The molecule has 19 heavy (non-hydrogen) atoms. The number of benzene rings is 1. The predicted octanol–water partition coefficient (Wildman–Crippen LogP) is 2.34. The van der Waals surface area contributed by atoms with Crippen LogP contribution in [-0.4, -0.2) is 15.8 Å². The third-order valence-corrected chi connectivity index (χ3v) is 2.88. The Balaban J connectivity index is 2.82. The number of hydrogen-bond acceptors (Lipinski definition) is 5. The first-order valence-electron chi connectivity index (χ1n) is 5.27. The first-order chi connectivity index (χ1) is 8.91. The SMILES string of the molecule is CC(=O)SCCC#Cc1cc(F)c(N)c([N+](=O)[O-])c1. The van der Waals surface area contributed by atoms with Crippen molar-refractivity contribution < 1.29 is 14.1 Å². The number of thioether (sulfide) groups is 1. The second-order valence-electron chi connectivity index (χ2n) is 3.54. The molecule has 0 fully saturated rings. The number of anilines is 1. The first-order valence-corrected chi connectivity index (χ1v) is 6.26. The molecule has 2 N–H and O–H groups in total. The monoisotopic (exact) mass is 282 g/mol. The molecule has 0 heterocycles. The third kappa shape index (κ3) is 4.60. The average molecular weight is 282 g/mol. The van der Waals surface area contributed by atoms with Gasteiger partial charge in [0.1, 0.15) is 5.69 Å². The molecule has 1 aromatic carbocycles. The summed E-state index contributed by atoms with van der Waals surface area (Å²) < 4.78 is 13.3. The molecule has 0 aromatic heterocycles. The van der Waals surface area contributed by atoms with E-state index in [4.69, 9.17) is 5.73 Å². The summed E-state index contributed by atoms with van der Waals surface area (Å²) in [5, 5.41) is 10.6. The highest BCUT2D eigenvalue weighted by atomic mass is 32.2. The third-order valence-electron chi connectivity index (χ3n) is 2.07. The highest BCUT2D eigenvalue weighted by molar-refractivity contribution is 8.13. The van der Waals surface area contributed by atoms with Gasteiger partial charge in [0.2, 0.25) is 0 Å². The van der Waals surface area contributed by atoms with E-state index in [-0.39, 0.29) is 10.7 Å². The molecule has 0 unspecified atom stereocenters. The molecular weight excluding hydrogens is 271 g/mol. The number of hydrogen-bond donors (Lipinski definition) is 1. The molecule has 0 saturated heterocycles. The zero-order valence-corrected chi connectivity index (χ0v) is 10.9. The van der Waals surface area contributed by atoms with E-state index in [9.17, 15) is 19.3 Å². The van der Waals surface area contributed by atoms with Crippen LogP contribution in [0, 0.1) is 27.8 Å². The van der Waals surface area contributed by atoms with Gasteiger partial charge in [-0.2, -0.15) is 0 Å². The summed E-state index contributed by atoms with van der Waals surface area (Å²) in [6.45, 7) is 1.46. The number of nitrogens with zero attached hydrogens (tertiary/aromatic N) is 1. The Morgan fingerprint density at radius 3 is 2.84 bits per heavy atom. The van der Waals surface area contributed by atoms with Crippen LogP contribution < -0.4 is 5.73 Å². The maximum Gasteiger partial charge on any atom is 0.296 e. The van der Waals surface area contributed by atoms with Crippen LogP contribution in [-0.2, 0) is 4.79 Å². The van der Waals surface area contributed by atoms with Crippen LogP contribution in [0.3, 0.4) is 0 Å². The van der Waals surface area contributed by atoms with Crippen molar-refractivity contribution in [1.29, 1.82) is 0 Å². The van der Waals surface area contributed by atoms with Gasteiger partial charge in [-0.25, -0.2) is 4.39 Å². The molecule has 0 amide bonds. The number of carbonyl (C=O) groups is 1. The highest BCUT2D eigenvalue weighted by Gasteiger charge is 2.16. The largest absolute Gasteiger partial charge is 0.391 e. The number of nitro benzene ring substituents is 1. The van der Waals surface area contributed by atoms with E-state index in [0.717, 1.165) is 23.9 Å². The molecule has 100 valence electrons. The second-order valence-corrected chi connectivity index (χ2v) is 4.81. The number of rotatable bonds is 3. The summed E-state index contributed by atoms with van der Waals surface area (Å²) in [6.07, 6.45) is 0.435. The zero-order chi connectivity index (χ0) is 14.4. The summed E-state index contributed by atoms with van der Waals surface area (Å²) in [5.74, 6) is 4.99. The Labute approximate surface area is 113 Å². The fourth-order valence-electron chi connectivity index (χ4n) is 1.24. The average Bonchev–Trinajstić information content (AvgIpc) is 2.32. The quantitative estimate of drug-likeness (QED) is 0.302. The molecule has 5 nitrogen and oxygen atoms in total. The molecule has 0 bridgehead atoms. The van der Waals surface area contributed by atoms with E-state index in [1.54, 1.807) is 0 Å². The summed E-state index contributed by atoms with van der Waals surface area (Å²) in [4.78, 5) is 20.5. The van der Waals surface area contributed by atoms with E-state index >= 15 is 0 Å². The van der Waals surface area contributed by atoms with Gasteiger partial charge in [-0.15, -0.1) is 0 Å². The van der Waals surface area contributed by atoms with Crippen molar-refractivity contribution in [2.75, 3.05) is 11.5 Å². The fourth-order valence-corrected chi connectivity index (χ4v) is 1.73. The van der Waals surface area contributed by atoms with Gasteiger partial charge in [0.05, 0.1) is 4.92 Å². The second kappa shape index (κ2) is 6.75. The Morgan fingerprint density at radius 1 is 1.58 bits per heavy atom. The van der Waals surface area contributed by atoms with Crippen LogP contribution in [0.1, 0.15) is 18.9 Å². The van der Waals surface area contributed by atoms with Crippen molar-refractivity contribution in [1.82, 2.24) is 0 Å². The smallest absolute Gasteiger partial charge is 0.296 e. The summed E-state index contributed by atoms with van der Waals surface area (Å²) in [6, 6.07) is 2.18. The lowest BCUT2D eigenvalue weighted by atomic mass is 10.1. The molecule has 0 aliphatic carbocycles. The first kappa shape index (κ1) is 15.0. The normalized spacial score (nSPS) is 9.58. The van der Waals surface area contributed by atoms with Crippen LogP contribution >= 0.6 is 11.8 Å². The molecule has 1 aromatic rings. The topological polar surface area (TPSA) is 86.2 Å². The van der Waals surface area contributed by atoms with Crippen molar-refractivity contribution in [3.05, 3.63) is 33.6 Å². The van der Waals surface area contributed by atoms with Gasteiger partial charge < -0.3 is 5.73 Å². The van der Waals surface area contributed by atoms with Crippen molar-refractivity contribution in [3.63, 3.8) is 0 Å². The van der Waals surface area contributed by atoms with Gasteiger partial charge in [-0.3, -0.25) is 14.9 Å². The standard InChI is InChI=1S/C12H11FN2O3S/c1-8(16)19-5-3-2-4-9-6-10(13)12(14)11(7-9)15(17)18/h6-7H,3,5,14H2,1H3. The van der Waals surface area contributed by atoms with Gasteiger partial charge in [0.25, 0.3) is 5.69 Å². The van der Waals surface area contributed by atoms with E-state index < -0.39 is 22.1 Å².